The summed E-state index contributed by atoms with van der Waals surface area (Å²) in [5.74, 6) is -1.51. The molecule has 3 rings (SSSR count). The molecule has 108 valence electrons. The molecule has 1 unspecified atom stereocenters. The number of rotatable bonds is 5. The van der Waals surface area contributed by atoms with Gasteiger partial charge >= 0.3 is 5.97 Å². The van der Waals surface area contributed by atoms with Gasteiger partial charge in [-0.3, -0.25) is 4.79 Å². The van der Waals surface area contributed by atoms with Gasteiger partial charge in [-0.25, -0.2) is 9.48 Å². The van der Waals surface area contributed by atoms with E-state index in [0.29, 0.717) is 0 Å². The predicted octanol–water partition coefficient (Wildman–Crippen LogP) is 0.860. The summed E-state index contributed by atoms with van der Waals surface area (Å²) in [4.78, 5) is 23.2. The number of carboxylic acid groups (broad SMARTS) is 1. The van der Waals surface area contributed by atoms with Crippen molar-refractivity contribution in [2.24, 2.45) is 5.92 Å². The van der Waals surface area contributed by atoms with Crippen molar-refractivity contribution < 1.29 is 14.7 Å². The van der Waals surface area contributed by atoms with E-state index >= 15 is 0 Å². The number of aromatic nitrogens is 3. The van der Waals surface area contributed by atoms with Crippen LogP contribution < -0.4 is 5.32 Å². The van der Waals surface area contributed by atoms with Gasteiger partial charge in [-0.1, -0.05) is 23.4 Å². The third-order valence-corrected chi connectivity index (χ3v) is 3.39. The molecule has 21 heavy (non-hydrogen) atoms. The zero-order chi connectivity index (χ0) is 14.8. The Morgan fingerprint density at radius 3 is 2.62 bits per heavy atom. The van der Waals surface area contributed by atoms with Crippen molar-refractivity contribution in [3.05, 3.63) is 42.2 Å². The lowest BCUT2D eigenvalue weighted by Crippen LogP contribution is -2.42. The van der Waals surface area contributed by atoms with E-state index in [9.17, 15) is 9.59 Å². The lowest BCUT2D eigenvalue weighted by atomic mass is 10.2. The monoisotopic (exact) mass is 286 g/mol. The van der Waals surface area contributed by atoms with Crippen LogP contribution >= 0.6 is 0 Å². The van der Waals surface area contributed by atoms with Gasteiger partial charge in [0.05, 0.1) is 11.9 Å². The third kappa shape index (κ3) is 2.91. The largest absolute Gasteiger partial charge is 0.480 e. The Labute approximate surface area is 120 Å². The molecular weight excluding hydrogens is 272 g/mol. The molecule has 0 bridgehead atoms. The van der Waals surface area contributed by atoms with Gasteiger partial charge in [0, 0.05) is 0 Å². The van der Waals surface area contributed by atoms with Crippen molar-refractivity contribution in [1.82, 2.24) is 20.3 Å². The van der Waals surface area contributed by atoms with Crippen LogP contribution in [0, 0.1) is 5.92 Å². The SMILES string of the molecule is O=C(NC(C(=O)O)C1CC1)c1cn(-c2ccccc2)nn1. The van der Waals surface area contributed by atoms with Crippen LogP contribution in [-0.2, 0) is 4.79 Å². The van der Waals surface area contributed by atoms with Gasteiger partial charge in [0.15, 0.2) is 5.69 Å². The van der Waals surface area contributed by atoms with Crippen molar-refractivity contribution >= 4 is 11.9 Å². The highest BCUT2D eigenvalue weighted by Crippen LogP contribution is 2.32. The number of nitrogens with zero attached hydrogens (tertiary/aromatic N) is 3. The molecule has 7 nitrogen and oxygen atoms in total. The Morgan fingerprint density at radius 2 is 2.00 bits per heavy atom. The number of para-hydroxylation sites is 1. The van der Waals surface area contributed by atoms with Gasteiger partial charge in [-0.2, -0.15) is 0 Å². The number of hydrogen-bond acceptors (Lipinski definition) is 4. The fourth-order valence-corrected chi connectivity index (χ4v) is 2.10. The van der Waals surface area contributed by atoms with Crippen molar-refractivity contribution in [2.75, 3.05) is 0 Å². The molecule has 0 radical (unpaired) electrons. The second kappa shape index (κ2) is 5.35. The number of carbonyl (C=O) groups excluding carboxylic acids is 1. The van der Waals surface area contributed by atoms with Crippen LogP contribution in [0.3, 0.4) is 0 Å². The molecule has 0 saturated heterocycles. The van der Waals surface area contributed by atoms with Gasteiger partial charge < -0.3 is 10.4 Å². The Kier molecular flexibility index (Phi) is 3.39. The molecule has 1 amide bonds. The quantitative estimate of drug-likeness (QED) is 0.849. The maximum atomic E-state index is 12.0. The Morgan fingerprint density at radius 1 is 1.29 bits per heavy atom. The molecule has 1 atom stereocenters. The third-order valence-electron chi connectivity index (χ3n) is 3.39. The molecule has 1 aliphatic rings. The standard InChI is InChI=1S/C14H14N4O3/c19-13(15-12(14(20)21)9-6-7-9)11-8-18(17-16-11)10-4-2-1-3-5-10/h1-5,8-9,12H,6-7H2,(H,15,19)(H,20,21). The van der Waals surface area contributed by atoms with Gasteiger partial charge in [0.1, 0.15) is 6.04 Å². The first-order valence-corrected chi connectivity index (χ1v) is 6.66. The van der Waals surface area contributed by atoms with Crippen LogP contribution in [0.5, 0.6) is 0 Å². The van der Waals surface area contributed by atoms with Crippen LogP contribution in [0.15, 0.2) is 36.5 Å². The normalized spacial score (nSPS) is 15.4. The van der Waals surface area contributed by atoms with Crippen molar-refractivity contribution in [2.45, 2.75) is 18.9 Å². The van der Waals surface area contributed by atoms with Gasteiger partial charge in [-0.05, 0) is 30.9 Å². The van der Waals surface area contributed by atoms with E-state index in [1.165, 1.54) is 10.9 Å². The molecule has 1 aliphatic carbocycles. The Hall–Kier alpha value is -2.70. The minimum atomic E-state index is -1.01. The summed E-state index contributed by atoms with van der Waals surface area (Å²) in [6.07, 6.45) is 3.14. The second-order valence-corrected chi connectivity index (χ2v) is 5.01. The van der Waals surface area contributed by atoms with Crippen LogP contribution in [0.25, 0.3) is 5.69 Å². The van der Waals surface area contributed by atoms with Crippen molar-refractivity contribution in [3.8, 4) is 5.69 Å². The van der Waals surface area contributed by atoms with Crippen molar-refractivity contribution in [3.63, 3.8) is 0 Å². The number of benzene rings is 1. The molecular formula is C14H14N4O3. The van der Waals surface area contributed by atoms with E-state index in [0.717, 1.165) is 18.5 Å². The zero-order valence-corrected chi connectivity index (χ0v) is 11.1. The maximum Gasteiger partial charge on any atom is 0.326 e. The molecule has 1 aromatic heterocycles. The van der Waals surface area contributed by atoms with E-state index < -0.39 is 17.9 Å². The predicted molar refractivity (Wildman–Crippen MR) is 73.0 cm³/mol. The molecule has 1 fully saturated rings. The molecule has 1 aromatic carbocycles. The lowest BCUT2D eigenvalue weighted by Gasteiger charge is -2.11. The summed E-state index contributed by atoms with van der Waals surface area (Å²) in [6.45, 7) is 0. The van der Waals surface area contributed by atoms with Crippen LogP contribution in [0.2, 0.25) is 0 Å². The minimum Gasteiger partial charge on any atom is -0.480 e. The van der Waals surface area contributed by atoms with E-state index in [1.807, 2.05) is 30.3 Å². The molecule has 7 heteroatoms. The van der Waals surface area contributed by atoms with Gasteiger partial charge in [-0.15, -0.1) is 5.10 Å². The number of amides is 1. The summed E-state index contributed by atoms with van der Waals surface area (Å²) in [6, 6.07) is 8.40. The number of hydrogen-bond donors (Lipinski definition) is 2. The number of aliphatic carboxylic acids is 1. The van der Waals surface area contributed by atoms with E-state index in [4.69, 9.17) is 5.11 Å². The van der Waals surface area contributed by atoms with Crippen LogP contribution in [-0.4, -0.2) is 38.0 Å². The van der Waals surface area contributed by atoms with Gasteiger partial charge in [0.25, 0.3) is 5.91 Å². The summed E-state index contributed by atoms with van der Waals surface area (Å²) in [5, 5.41) is 19.3. The molecule has 1 saturated carbocycles. The first kappa shape index (κ1) is 13.3. The lowest BCUT2D eigenvalue weighted by molar-refractivity contribution is -0.139. The highest BCUT2D eigenvalue weighted by molar-refractivity contribution is 5.94. The first-order valence-electron chi connectivity index (χ1n) is 6.66. The zero-order valence-electron chi connectivity index (χ0n) is 11.1. The van der Waals surface area contributed by atoms with E-state index in [2.05, 4.69) is 15.6 Å². The topological polar surface area (TPSA) is 97.1 Å². The summed E-state index contributed by atoms with van der Waals surface area (Å²) in [5.41, 5.74) is 0.881. The van der Waals surface area contributed by atoms with E-state index in [1.54, 1.807) is 0 Å². The Bertz CT molecular complexity index is 664. The first-order chi connectivity index (χ1) is 10.1. The summed E-state index contributed by atoms with van der Waals surface area (Å²) in [7, 11) is 0. The second-order valence-electron chi connectivity index (χ2n) is 5.01. The Balaban J connectivity index is 1.73. The molecule has 1 heterocycles. The van der Waals surface area contributed by atoms with Crippen molar-refractivity contribution in [1.29, 1.82) is 0 Å². The van der Waals surface area contributed by atoms with Gasteiger partial charge in [0.2, 0.25) is 0 Å². The van der Waals surface area contributed by atoms with Crippen LogP contribution in [0.4, 0.5) is 0 Å². The minimum absolute atomic E-state index is 0.0237. The average molecular weight is 286 g/mol. The fraction of sp³-hybridized carbons (Fsp3) is 0.286. The average Bonchev–Trinajstić information content (AvgIpc) is 3.20. The molecule has 0 aliphatic heterocycles. The highest BCUT2D eigenvalue weighted by Gasteiger charge is 2.37. The molecule has 0 spiro atoms. The smallest absolute Gasteiger partial charge is 0.326 e. The highest BCUT2D eigenvalue weighted by atomic mass is 16.4. The number of carbonyl (C=O) groups is 2. The summed E-state index contributed by atoms with van der Waals surface area (Å²) >= 11 is 0. The summed E-state index contributed by atoms with van der Waals surface area (Å²) < 4.78 is 1.47. The number of nitrogens with one attached hydrogen (secondary N) is 1. The van der Waals surface area contributed by atoms with Crippen LogP contribution in [0.1, 0.15) is 23.3 Å². The van der Waals surface area contributed by atoms with E-state index in [-0.39, 0.29) is 11.6 Å². The fourth-order valence-electron chi connectivity index (χ4n) is 2.10. The maximum absolute atomic E-state index is 12.0. The number of carboxylic acids is 1. The molecule has 2 aromatic rings. The molecule has 2 N–H and O–H groups in total.